The van der Waals surface area contributed by atoms with E-state index in [0.29, 0.717) is 4.90 Å². The molecule has 1 aromatic rings. The third kappa shape index (κ3) is 3.17. The van der Waals surface area contributed by atoms with Gasteiger partial charge in [0.1, 0.15) is 0 Å². The third-order valence-electron chi connectivity index (χ3n) is 4.17. The van der Waals surface area contributed by atoms with Gasteiger partial charge in [-0.25, -0.2) is 13.1 Å². The summed E-state index contributed by atoms with van der Waals surface area (Å²) in [6, 6.07) is 1.73. The molecule has 118 valence electrons. The van der Waals surface area contributed by atoms with E-state index >= 15 is 0 Å². The normalized spacial score (nSPS) is 28.4. The minimum atomic E-state index is -3.45. The highest BCUT2D eigenvalue weighted by atomic mass is 32.2. The Hall–Kier alpha value is -0.470. The summed E-state index contributed by atoms with van der Waals surface area (Å²) in [6.07, 6.45) is 3.14. The van der Waals surface area contributed by atoms with Crippen LogP contribution in [0.2, 0.25) is 0 Å². The Bertz CT molecular complexity index is 612. The number of fused-ring (bicyclic) bond motifs is 2. The van der Waals surface area contributed by atoms with Gasteiger partial charge < -0.3 is 10.1 Å². The van der Waals surface area contributed by atoms with Crippen LogP contribution < -0.4 is 10.0 Å². The lowest BCUT2D eigenvalue weighted by atomic mass is 9.96. The molecule has 3 unspecified atom stereocenters. The monoisotopic (exact) mass is 330 g/mol. The van der Waals surface area contributed by atoms with Gasteiger partial charge in [0.2, 0.25) is 10.0 Å². The second-order valence-electron chi connectivity index (χ2n) is 5.75. The zero-order chi connectivity index (χ0) is 15.0. The number of hydrogen-bond donors (Lipinski definition) is 2. The van der Waals surface area contributed by atoms with E-state index in [1.54, 1.807) is 17.4 Å². The molecule has 3 atom stereocenters. The summed E-state index contributed by atoms with van der Waals surface area (Å²) in [7, 11) is -3.45. The van der Waals surface area contributed by atoms with Gasteiger partial charge in [-0.3, -0.25) is 0 Å². The van der Waals surface area contributed by atoms with Gasteiger partial charge in [-0.1, -0.05) is 6.92 Å². The molecule has 2 aliphatic heterocycles. The van der Waals surface area contributed by atoms with Crippen LogP contribution in [0.15, 0.2) is 11.0 Å². The van der Waals surface area contributed by atoms with E-state index in [9.17, 15) is 8.42 Å². The zero-order valence-electron chi connectivity index (χ0n) is 12.4. The van der Waals surface area contributed by atoms with Crippen LogP contribution in [0.3, 0.4) is 0 Å². The molecule has 5 nitrogen and oxygen atoms in total. The molecule has 2 aliphatic rings. The maximum absolute atomic E-state index is 12.6. The minimum absolute atomic E-state index is 0.0601. The molecule has 0 spiro atoms. The molecule has 0 saturated carbocycles. The maximum atomic E-state index is 12.6. The van der Waals surface area contributed by atoms with Crippen molar-refractivity contribution in [1.29, 1.82) is 0 Å². The fraction of sp³-hybridized carbons (Fsp3) is 0.714. The van der Waals surface area contributed by atoms with Crippen molar-refractivity contribution in [2.75, 3.05) is 6.54 Å². The average molecular weight is 330 g/mol. The molecule has 21 heavy (non-hydrogen) atoms. The molecule has 2 fully saturated rings. The van der Waals surface area contributed by atoms with E-state index in [0.717, 1.165) is 42.1 Å². The number of rotatable bonds is 6. The van der Waals surface area contributed by atoms with Crippen LogP contribution in [-0.2, 0) is 21.3 Å². The van der Waals surface area contributed by atoms with Crippen LogP contribution >= 0.6 is 11.3 Å². The summed E-state index contributed by atoms with van der Waals surface area (Å²) in [6.45, 7) is 5.50. The summed E-state index contributed by atoms with van der Waals surface area (Å²) in [5, 5.41) is 3.23. The lowest BCUT2D eigenvalue weighted by molar-refractivity contribution is 0.0996. The van der Waals surface area contributed by atoms with Crippen molar-refractivity contribution in [3.05, 3.63) is 15.8 Å². The number of ether oxygens (including phenoxy) is 1. The first-order valence-electron chi connectivity index (χ1n) is 7.47. The molecule has 0 radical (unpaired) electrons. The van der Waals surface area contributed by atoms with Gasteiger partial charge in [0, 0.05) is 16.3 Å². The zero-order valence-corrected chi connectivity index (χ0v) is 14.0. The van der Waals surface area contributed by atoms with Crippen LogP contribution in [0.5, 0.6) is 0 Å². The van der Waals surface area contributed by atoms with Crippen LogP contribution in [0.25, 0.3) is 0 Å². The van der Waals surface area contributed by atoms with Crippen molar-refractivity contribution in [2.45, 2.75) is 62.8 Å². The molecule has 3 rings (SSSR count). The molecule has 0 aromatic carbocycles. The Kier molecular flexibility index (Phi) is 4.38. The second kappa shape index (κ2) is 5.96. The summed E-state index contributed by atoms with van der Waals surface area (Å²) in [5.41, 5.74) is 0. The standard InChI is InChI=1S/C14H22N2O3S2/c1-3-15-8-11-7-14(9(2)20-11)21(17,18)16-12-6-10-4-5-13(12)19-10/h7,10,12-13,15-16H,3-6,8H2,1-2H3. The molecular weight excluding hydrogens is 308 g/mol. The van der Waals surface area contributed by atoms with Gasteiger partial charge in [0.25, 0.3) is 0 Å². The van der Waals surface area contributed by atoms with Gasteiger partial charge in [-0.05, 0) is 38.8 Å². The number of aryl methyl sites for hydroxylation is 1. The summed E-state index contributed by atoms with van der Waals surface area (Å²) >= 11 is 1.54. The predicted octanol–water partition coefficient (Wildman–Crippen LogP) is 1.76. The topological polar surface area (TPSA) is 67.4 Å². The van der Waals surface area contributed by atoms with E-state index in [1.807, 2.05) is 13.8 Å². The number of sulfonamides is 1. The summed E-state index contributed by atoms with van der Waals surface area (Å²) in [5.74, 6) is 0. The average Bonchev–Trinajstić information content (AvgIpc) is 3.11. The fourth-order valence-electron chi connectivity index (χ4n) is 3.15. The number of thiophene rings is 1. The smallest absolute Gasteiger partial charge is 0.242 e. The minimum Gasteiger partial charge on any atom is -0.373 e. The molecular formula is C14H22N2O3S2. The molecule has 7 heteroatoms. The van der Waals surface area contributed by atoms with Crippen LogP contribution in [0.1, 0.15) is 35.9 Å². The highest BCUT2D eigenvalue weighted by Crippen LogP contribution is 2.35. The SMILES string of the molecule is CCNCc1cc(S(=O)(=O)NC2CC3CCC2O3)c(C)s1. The molecule has 2 saturated heterocycles. The van der Waals surface area contributed by atoms with Gasteiger partial charge in [0.15, 0.2) is 0 Å². The third-order valence-corrected chi connectivity index (χ3v) is 6.97. The van der Waals surface area contributed by atoms with Crippen molar-refractivity contribution in [3.8, 4) is 0 Å². The van der Waals surface area contributed by atoms with Gasteiger partial charge in [0.05, 0.1) is 23.1 Å². The highest BCUT2D eigenvalue weighted by Gasteiger charge is 2.42. The Morgan fingerprint density at radius 2 is 2.24 bits per heavy atom. The van der Waals surface area contributed by atoms with Crippen LogP contribution in [0.4, 0.5) is 0 Å². The molecule has 0 amide bonds. The van der Waals surface area contributed by atoms with E-state index in [4.69, 9.17) is 4.74 Å². The van der Waals surface area contributed by atoms with Gasteiger partial charge in [-0.15, -0.1) is 11.3 Å². The van der Waals surface area contributed by atoms with Crippen LogP contribution in [0, 0.1) is 6.92 Å². The van der Waals surface area contributed by atoms with E-state index in [2.05, 4.69) is 10.0 Å². The van der Waals surface area contributed by atoms with E-state index in [-0.39, 0.29) is 18.2 Å². The van der Waals surface area contributed by atoms with Crippen molar-refractivity contribution in [2.24, 2.45) is 0 Å². The largest absolute Gasteiger partial charge is 0.373 e. The number of hydrogen-bond acceptors (Lipinski definition) is 5. The quantitative estimate of drug-likeness (QED) is 0.834. The van der Waals surface area contributed by atoms with Crippen molar-refractivity contribution in [1.82, 2.24) is 10.0 Å². The lowest BCUT2D eigenvalue weighted by Crippen LogP contribution is -2.41. The Morgan fingerprint density at radius 1 is 1.43 bits per heavy atom. The maximum Gasteiger partial charge on any atom is 0.242 e. The summed E-state index contributed by atoms with van der Waals surface area (Å²) < 4.78 is 33.8. The van der Waals surface area contributed by atoms with Gasteiger partial charge >= 0.3 is 0 Å². The molecule has 1 aromatic heterocycles. The molecule has 3 heterocycles. The predicted molar refractivity (Wildman–Crippen MR) is 83.1 cm³/mol. The van der Waals surface area contributed by atoms with Crippen molar-refractivity contribution >= 4 is 21.4 Å². The molecule has 2 N–H and O–H groups in total. The van der Waals surface area contributed by atoms with E-state index < -0.39 is 10.0 Å². The highest BCUT2D eigenvalue weighted by molar-refractivity contribution is 7.89. The second-order valence-corrected chi connectivity index (χ2v) is 8.77. The Labute approximate surface area is 130 Å². The van der Waals surface area contributed by atoms with Gasteiger partial charge in [-0.2, -0.15) is 0 Å². The Balaban J connectivity index is 1.74. The van der Waals surface area contributed by atoms with Crippen LogP contribution in [-0.4, -0.2) is 33.2 Å². The van der Waals surface area contributed by atoms with E-state index in [1.165, 1.54) is 0 Å². The first-order valence-corrected chi connectivity index (χ1v) is 9.77. The summed E-state index contributed by atoms with van der Waals surface area (Å²) in [4.78, 5) is 2.32. The van der Waals surface area contributed by atoms with Crippen molar-refractivity contribution < 1.29 is 13.2 Å². The van der Waals surface area contributed by atoms with Crippen molar-refractivity contribution in [3.63, 3.8) is 0 Å². The Morgan fingerprint density at radius 3 is 2.86 bits per heavy atom. The first-order chi connectivity index (χ1) is 9.99. The molecule has 0 aliphatic carbocycles. The molecule has 2 bridgehead atoms. The fourth-order valence-corrected chi connectivity index (χ4v) is 6.03. The number of nitrogens with one attached hydrogen (secondary N) is 2. The lowest BCUT2D eigenvalue weighted by Gasteiger charge is -2.19. The first kappa shape index (κ1) is 15.4.